The molecule has 0 saturated carbocycles. The molecule has 0 aromatic heterocycles. The molecule has 1 saturated heterocycles. The first-order valence-corrected chi connectivity index (χ1v) is 3.85. The Kier molecular flexibility index (Phi) is 2.52. The lowest BCUT2D eigenvalue weighted by atomic mass is 9.94. The van der Waals surface area contributed by atoms with E-state index < -0.39 is 0 Å². The van der Waals surface area contributed by atoms with E-state index in [0.717, 1.165) is 19.4 Å². The zero-order valence-electron chi connectivity index (χ0n) is 7.05. The van der Waals surface area contributed by atoms with Crippen LogP contribution < -0.4 is 5.48 Å². The molecule has 1 aliphatic rings. The summed E-state index contributed by atoms with van der Waals surface area (Å²) in [5, 5.41) is 8.42. The van der Waals surface area contributed by atoms with Gasteiger partial charge in [-0.3, -0.25) is 10.7 Å². The van der Waals surface area contributed by atoms with Gasteiger partial charge in [-0.2, -0.15) is 0 Å². The summed E-state index contributed by atoms with van der Waals surface area (Å²) in [5.74, 6) is 0. The van der Waals surface area contributed by atoms with Crippen LogP contribution in [0.3, 0.4) is 0 Å². The standard InChI is InChI=1S/C8H15NO2/c1-8(2)5-7(6-9-10)3-4-11-8/h6,9-10H,3-5H2,1-2H3. The molecule has 0 radical (unpaired) electrons. The number of hydroxylamine groups is 1. The van der Waals surface area contributed by atoms with Crippen LogP contribution >= 0.6 is 0 Å². The second-order valence-corrected chi connectivity index (χ2v) is 3.47. The Morgan fingerprint density at radius 3 is 2.91 bits per heavy atom. The lowest BCUT2D eigenvalue weighted by Gasteiger charge is -2.31. The monoisotopic (exact) mass is 157 g/mol. The van der Waals surface area contributed by atoms with Crippen LogP contribution in [-0.2, 0) is 4.74 Å². The SMILES string of the molecule is CC1(C)CC(=CNO)CCO1. The van der Waals surface area contributed by atoms with Crippen LogP contribution in [0, 0.1) is 0 Å². The van der Waals surface area contributed by atoms with Crippen molar-refractivity contribution >= 4 is 0 Å². The summed E-state index contributed by atoms with van der Waals surface area (Å²) in [6.45, 7) is 4.86. The van der Waals surface area contributed by atoms with Crippen LogP contribution in [0.5, 0.6) is 0 Å². The molecule has 1 heterocycles. The average Bonchev–Trinajstić information content (AvgIpc) is 1.85. The largest absolute Gasteiger partial charge is 0.375 e. The van der Waals surface area contributed by atoms with Crippen LogP contribution in [0.25, 0.3) is 0 Å². The van der Waals surface area contributed by atoms with Crippen molar-refractivity contribution in [3.63, 3.8) is 0 Å². The van der Waals surface area contributed by atoms with Crippen molar-refractivity contribution in [2.24, 2.45) is 0 Å². The maximum absolute atomic E-state index is 8.42. The van der Waals surface area contributed by atoms with E-state index in [0.29, 0.717) is 0 Å². The van der Waals surface area contributed by atoms with Gasteiger partial charge in [-0.05, 0) is 32.3 Å². The minimum absolute atomic E-state index is 0.0685. The predicted octanol–water partition coefficient (Wildman–Crippen LogP) is 1.44. The van der Waals surface area contributed by atoms with E-state index in [9.17, 15) is 0 Å². The Hall–Kier alpha value is -0.540. The van der Waals surface area contributed by atoms with E-state index >= 15 is 0 Å². The summed E-state index contributed by atoms with van der Waals surface area (Å²) in [6.07, 6.45) is 3.45. The first-order valence-electron chi connectivity index (χ1n) is 3.85. The van der Waals surface area contributed by atoms with E-state index in [1.54, 1.807) is 6.20 Å². The van der Waals surface area contributed by atoms with Gasteiger partial charge >= 0.3 is 0 Å². The minimum atomic E-state index is -0.0685. The minimum Gasteiger partial charge on any atom is -0.375 e. The second-order valence-electron chi connectivity index (χ2n) is 3.47. The highest BCUT2D eigenvalue weighted by Crippen LogP contribution is 2.27. The van der Waals surface area contributed by atoms with Crippen molar-refractivity contribution in [3.8, 4) is 0 Å². The lowest BCUT2D eigenvalue weighted by Crippen LogP contribution is -2.30. The summed E-state index contributed by atoms with van der Waals surface area (Å²) in [5.41, 5.74) is 3.20. The van der Waals surface area contributed by atoms with E-state index in [2.05, 4.69) is 19.3 Å². The van der Waals surface area contributed by atoms with Gasteiger partial charge in [0.15, 0.2) is 0 Å². The Bertz CT molecular complexity index is 163. The van der Waals surface area contributed by atoms with Gasteiger partial charge < -0.3 is 4.74 Å². The highest BCUT2D eigenvalue weighted by atomic mass is 16.5. The topological polar surface area (TPSA) is 41.5 Å². The third kappa shape index (κ3) is 2.52. The maximum Gasteiger partial charge on any atom is 0.0664 e. The maximum atomic E-state index is 8.42. The fraction of sp³-hybridized carbons (Fsp3) is 0.750. The molecule has 1 aliphatic heterocycles. The van der Waals surface area contributed by atoms with E-state index in [1.165, 1.54) is 5.57 Å². The fourth-order valence-electron chi connectivity index (χ4n) is 1.36. The van der Waals surface area contributed by atoms with Crippen molar-refractivity contribution in [2.75, 3.05) is 6.61 Å². The lowest BCUT2D eigenvalue weighted by molar-refractivity contribution is -0.0338. The predicted molar refractivity (Wildman–Crippen MR) is 42.3 cm³/mol. The third-order valence-corrected chi connectivity index (χ3v) is 1.84. The van der Waals surface area contributed by atoms with Gasteiger partial charge in [-0.1, -0.05) is 0 Å². The molecule has 11 heavy (non-hydrogen) atoms. The molecule has 0 spiro atoms. The summed E-state index contributed by atoms with van der Waals surface area (Å²) in [6, 6.07) is 0. The van der Waals surface area contributed by atoms with E-state index in [4.69, 9.17) is 9.94 Å². The number of hydrogen-bond acceptors (Lipinski definition) is 3. The van der Waals surface area contributed by atoms with E-state index in [1.807, 2.05) is 0 Å². The summed E-state index contributed by atoms with van der Waals surface area (Å²) >= 11 is 0. The zero-order valence-corrected chi connectivity index (χ0v) is 7.05. The van der Waals surface area contributed by atoms with Gasteiger partial charge in [0.25, 0.3) is 0 Å². The molecule has 2 N–H and O–H groups in total. The molecular weight excluding hydrogens is 142 g/mol. The van der Waals surface area contributed by atoms with Crippen LogP contribution in [0.4, 0.5) is 0 Å². The van der Waals surface area contributed by atoms with Gasteiger partial charge in [-0.15, -0.1) is 0 Å². The molecule has 1 rings (SSSR count). The van der Waals surface area contributed by atoms with Gasteiger partial charge in [0.1, 0.15) is 0 Å². The van der Waals surface area contributed by atoms with Crippen molar-refractivity contribution in [3.05, 3.63) is 11.8 Å². The quantitative estimate of drug-likeness (QED) is 0.566. The molecule has 0 aliphatic carbocycles. The van der Waals surface area contributed by atoms with Crippen molar-refractivity contribution in [1.82, 2.24) is 5.48 Å². The van der Waals surface area contributed by atoms with Crippen LogP contribution in [0.1, 0.15) is 26.7 Å². The molecule has 3 nitrogen and oxygen atoms in total. The van der Waals surface area contributed by atoms with Gasteiger partial charge in [0.2, 0.25) is 0 Å². The summed E-state index contributed by atoms with van der Waals surface area (Å²) < 4.78 is 5.49. The molecule has 0 aromatic rings. The second kappa shape index (κ2) is 3.24. The summed E-state index contributed by atoms with van der Waals surface area (Å²) in [4.78, 5) is 0. The van der Waals surface area contributed by atoms with Crippen LogP contribution in [0.15, 0.2) is 11.8 Å². The summed E-state index contributed by atoms with van der Waals surface area (Å²) in [7, 11) is 0. The molecule has 0 aromatic carbocycles. The molecule has 0 amide bonds. The molecular formula is C8H15NO2. The number of hydrogen-bond donors (Lipinski definition) is 2. The Morgan fingerprint density at radius 1 is 1.64 bits per heavy atom. The number of ether oxygens (including phenoxy) is 1. The molecule has 0 atom stereocenters. The van der Waals surface area contributed by atoms with Crippen molar-refractivity contribution in [2.45, 2.75) is 32.3 Å². The average molecular weight is 157 g/mol. The van der Waals surface area contributed by atoms with Crippen molar-refractivity contribution < 1.29 is 9.94 Å². The Balaban J connectivity index is 2.53. The van der Waals surface area contributed by atoms with Crippen LogP contribution in [0.2, 0.25) is 0 Å². The normalized spacial score (nSPS) is 27.0. The highest BCUT2D eigenvalue weighted by Gasteiger charge is 2.24. The van der Waals surface area contributed by atoms with Crippen LogP contribution in [-0.4, -0.2) is 17.4 Å². The smallest absolute Gasteiger partial charge is 0.0664 e. The Labute approximate surface area is 67.0 Å². The fourth-order valence-corrected chi connectivity index (χ4v) is 1.36. The molecule has 3 heteroatoms. The molecule has 64 valence electrons. The van der Waals surface area contributed by atoms with Gasteiger partial charge in [0, 0.05) is 6.20 Å². The van der Waals surface area contributed by atoms with Gasteiger partial charge in [0.05, 0.1) is 12.2 Å². The third-order valence-electron chi connectivity index (χ3n) is 1.84. The Morgan fingerprint density at radius 2 is 2.36 bits per heavy atom. The van der Waals surface area contributed by atoms with Gasteiger partial charge in [-0.25, -0.2) is 0 Å². The first kappa shape index (κ1) is 8.56. The van der Waals surface area contributed by atoms with E-state index in [-0.39, 0.29) is 5.60 Å². The first-order chi connectivity index (χ1) is 5.14. The highest BCUT2D eigenvalue weighted by molar-refractivity contribution is 5.06. The zero-order chi connectivity index (χ0) is 8.32. The molecule has 0 bridgehead atoms. The van der Waals surface area contributed by atoms with Crippen molar-refractivity contribution in [1.29, 1.82) is 0 Å². The number of rotatable bonds is 1. The molecule has 1 fully saturated rings. The molecule has 0 unspecified atom stereocenters. The number of nitrogens with one attached hydrogen (secondary N) is 1.